The molecule has 0 aliphatic heterocycles. The van der Waals surface area contributed by atoms with Gasteiger partial charge in [-0.2, -0.15) is 11.8 Å². The predicted molar refractivity (Wildman–Crippen MR) is 73.5 cm³/mol. The molecule has 0 radical (unpaired) electrons. The molecule has 94 valence electrons. The highest BCUT2D eigenvalue weighted by atomic mass is 32.2. The van der Waals surface area contributed by atoms with Crippen LogP contribution in [0.1, 0.15) is 25.3 Å². The van der Waals surface area contributed by atoms with Crippen LogP contribution in [0.25, 0.3) is 0 Å². The molecule has 1 atom stereocenters. The summed E-state index contributed by atoms with van der Waals surface area (Å²) < 4.78 is 0. The molecule has 1 unspecified atom stereocenters. The summed E-state index contributed by atoms with van der Waals surface area (Å²) in [7, 11) is 0. The number of thioether (sulfide) groups is 1. The quantitative estimate of drug-likeness (QED) is 0.720. The molecule has 3 heteroatoms. The van der Waals surface area contributed by atoms with Gasteiger partial charge in [-0.05, 0) is 30.6 Å². The van der Waals surface area contributed by atoms with Crippen molar-refractivity contribution in [2.45, 2.75) is 26.2 Å². The van der Waals surface area contributed by atoms with Crippen LogP contribution in [-0.4, -0.2) is 22.6 Å². The third-order valence-electron chi connectivity index (χ3n) is 2.64. The van der Waals surface area contributed by atoms with Crippen LogP contribution >= 0.6 is 11.8 Å². The van der Waals surface area contributed by atoms with E-state index in [1.807, 2.05) is 6.07 Å². The molecule has 0 saturated heterocycles. The van der Waals surface area contributed by atoms with E-state index in [0.29, 0.717) is 0 Å². The number of carbonyl (C=O) groups is 1. The molecule has 0 saturated carbocycles. The van der Waals surface area contributed by atoms with Gasteiger partial charge < -0.3 is 5.11 Å². The molecule has 0 fully saturated rings. The Morgan fingerprint density at radius 3 is 2.65 bits per heavy atom. The van der Waals surface area contributed by atoms with Gasteiger partial charge in [0, 0.05) is 5.75 Å². The summed E-state index contributed by atoms with van der Waals surface area (Å²) in [5.74, 6) is 0.862. The van der Waals surface area contributed by atoms with Crippen molar-refractivity contribution in [1.82, 2.24) is 0 Å². The van der Waals surface area contributed by atoms with Crippen molar-refractivity contribution in [3.63, 3.8) is 0 Å². The molecule has 1 aromatic rings. The number of benzene rings is 1. The van der Waals surface area contributed by atoms with E-state index in [0.717, 1.165) is 24.3 Å². The number of unbranched alkanes of at least 4 members (excludes halogenated alkanes) is 1. The number of carboxylic acids is 1. The second kappa shape index (κ2) is 8.18. The Kier molecular flexibility index (Phi) is 6.78. The maximum Gasteiger partial charge on any atom is 0.307 e. The first-order valence-corrected chi connectivity index (χ1v) is 7.20. The van der Waals surface area contributed by atoms with Gasteiger partial charge in [0.1, 0.15) is 0 Å². The Balaban J connectivity index is 2.00. The summed E-state index contributed by atoms with van der Waals surface area (Å²) in [6.07, 6.45) is 3.46. The number of rotatable bonds is 8. The van der Waals surface area contributed by atoms with Gasteiger partial charge in [-0.1, -0.05) is 37.3 Å². The molecular formula is C14H20O2S. The van der Waals surface area contributed by atoms with Crippen molar-refractivity contribution < 1.29 is 9.90 Å². The molecular weight excluding hydrogens is 232 g/mol. The molecule has 1 aromatic carbocycles. The third kappa shape index (κ3) is 6.37. The molecule has 0 aliphatic carbocycles. The fourth-order valence-electron chi connectivity index (χ4n) is 1.51. The lowest BCUT2D eigenvalue weighted by atomic mass is 10.1. The smallest absolute Gasteiger partial charge is 0.307 e. The van der Waals surface area contributed by atoms with E-state index in [-0.39, 0.29) is 5.92 Å². The summed E-state index contributed by atoms with van der Waals surface area (Å²) in [6, 6.07) is 10.5. The van der Waals surface area contributed by atoms with Crippen LogP contribution < -0.4 is 0 Å². The van der Waals surface area contributed by atoms with E-state index in [9.17, 15) is 4.79 Å². The Hall–Kier alpha value is -0.960. The van der Waals surface area contributed by atoms with E-state index in [2.05, 4.69) is 24.3 Å². The normalized spacial score (nSPS) is 12.3. The Bertz CT molecular complexity index is 324. The minimum Gasteiger partial charge on any atom is -0.481 e. The maximum atomic E-state index is 10.6. The van der Waals surface area contributed by atoms with Crippen molar-refractivity contribution >= 4 is 17.7 Å². The van der Waals surface area contributed by atoms with Crippen LogP contribution in [0, 0.1) is 5.92 Å². The minimum atomic E-state index is -0.693. The fourth-order valence-corrected chi connectivity index (χ4v) is 2.58. The van der Waals surface area contributed by atoms with Crippen molar-refractivity contribution in [1.29, 1.82) is 0 Å². The van der Waals surface area contributed by atoms with Crippen molar-refractivity contribution in [2.24, 2.45) is 5.92 Å². The Labute approximate surface area is 107 Å². The lowest BCUT2D eigenvalue weighted by Gasteiger charge is -2.05. The van der Waals surface area contributed by atoms with Gasteiger partial charge in [0.2, 0.25) is 0 Å². The summed E-state index contributed by atoms with van der Waals surface area (Å²) in [5.41, 5.74) is 1.39. The van der Waals surface area contributed by atoms with Gasteiger partial charge in [0.15, 0.2) is 0 Å². The monoisotopic (exact) mass is 252 g/mol. The van der Waals surface area contributed by atoms with Crippen molar-refractivity contribution in [3.8, 4) is 0 Å². The average Bonchev–Trinajstić information content (AvgIpc) is 2.34. The first-order valence-electron chi connectivity index (χ1n) is 6.04. The summed E-state index contributed by atoms with van der Waals surface area (Å²) in [6.45, 7) is 1.76. The van der Waals surface area contributed by atoms with Crippen LogP contribution in [0.4, 0.5) is 0 Å². The van der Waals surface area contributed by atoms with E-state index in [1.54, 1.807) is 18.7 Å². The van der Waals surface area contributed by atoms with Crippen LogP contribution in [0.2, 0.25) is 0 Å². The highest BCUT2D eigenvalue weighted by molar-refractivity contribution is 7.99. The topological polar surface area (TPSA) is 37.3 Å². The van der Waals surface area contributed by atoms with Gasteiger partial charge >= 0.3 is 5.97 Å². The van der Waals surface area contributed by atoms with Crippen LogP contribution in [0.5, 0.6) is 0 Å². The Morgan fingerprint density at radius 1 is 1.29 bits per heavy atom. The van der Waals surface area contributed by atoms with Gasteiger partial charge in [-0.15, -0.1) is 0 Å². The van der Waals surface area contributed by atoms with Gasteiger partial charge in [0.05, 0.1) is 5.92 Å². The SMILES string of the molecule is CC(CSCCCCc1ccccc1)C(=O)O. The maximum absolute atomic E-state index is 10.6. The minimum absolute atomic E-state index is 0.228. The fraction of sp³-hybridized carbons (Fsp3) is 0.500. The van der Waals surface area contributed by atoms with E-state index >= 15 is 0 Å². The Morgan fingerprint density at radius 2 is 2.00 bits per heavy atom. The number of hydrogen-bond acceptors (Lipinski definition) is 2. The van der Waals surface area contributed by atoms with E-state index in [4.69, 9.17) is 5.11 Å². The van der Waals surface area contributed by atoms with Crippen LogP contribution in [0.15, 0.2) is 30.3 Å². The van der Waals surface area contributed by atoms with Crippen LogP contribution in [-0.2, 0) is 11.2 Å². The first kappa shape index (κ1) is 14.1. The van der Waals surface area contributed by atoms with E-state index in [1.165, 1.54) is 12.0 Å². The average molecular weight is 252 g/mol. The highest BCUT2D eigenvalue weighted by Gasteiger charge is 2.09. The predicted octanol–water partition coefficient (Wildman–Crippen LogP) is 3.46. The zero-order chi connectivity index (χ0) is 12.5. The van der Waals surface area contributed by atoms with Gasteiger partial charge in [-0.3, -0.25) is 4.79 Å². The van der Waals surface area contributed by atoms with Crippen molar-refractivity contribution in [2.75, 3.05) is 11.5 Å². The molecule has 0 aromatic heterocycles. The second-order valence-electron chi connectivity index (χ2n) is 4.26. The van der Waals surface area contributed by atoms with Gasteiger partial charge in [-0.25, -0.2) is 0 Å². The van der Waals surface area contributed by atoms with E-state index < -0.39 is 5.97 Å². The lowest BCUT2D eigenvalue weighted by molar-refractivity contribution is -0.140. The largest absolute Gasteiger partial charge is 0.481 e. The number of aliphatic carboxylic acids is 1. The van der Waals surface area contributed by atoms with Gasteiger partial charge in [0.25, 0.3) is 0 Å². The molecule has 17 heavy (non-hydrogen) atoms. The standard InChI is InChI=1S/C14H20O2S/c1-12(14(15)16)11-17-10-6-5-9-13-7-3-2-4-8-13/h2-4,7-8,12H,5-6,9-11H2,1H3,(H,15,16). The zero-order valence-corrected chi connectivity index (χ0v) is 11.1. The molecule has 0 amide bonds. The highest BCUT2D eigenvalue weighted by Crippen LogP contribution is 2.12. The third-order valence-corrected chi connectivity index (χ3v) is 3.95. The number of hydrogen-bond donors (Lipinski definition) is 1. The summed E-state index contributed by atoms with van der Waals surface area (Å²) in [5, 5.41) is 8.72. The molecule has 0 bridgehead atoms. The molecule has 1 N–H and O–H groups in total. The molecule has 1 rings (SSSR count). The summed E-state index contributed by atoms with van der Waals surface area (Å²) in [4.78, 5) is 10.6. The lowest BCUT2D eigenvalue weighted by Crippen LogP contribution is -2.12. The number of aryl methyl sites for hydroxylation is 1. The van der Waals surface area contributed by atoms with Crippen molar-refractivity contribution in [3.05, 3.63) is 35.9 Å². The molecule has 0 spiro atoms. The molecule has 0 heterocycles. The second-order valence-corrected chi connectivity index (χ2v) is 5.41. The number of carboxylic acid groups (broad SMARTS) is 1. The molecule has 0 aliphatic rings. The van der Waals surface area contributed by atoms with Crippen LogP contribution in [0.3, 0.4) is 0 Å². The molecule has 2 nitrogen and oxygen atoms in total. The summed E-state index contributed by atoms with van der Waals surface area (Å²) >= 11 is 1.74. The first-order chi connectivity index (χ1) is 8.20. The zero-order valence-electron chi connectivity index (χ0n) is 10.3.